The van der Waals surface area contributed by atoms with Gasteiger partial charge < -0.3 is 10.1 Å². The lowest BCUT2D eigenvalue weighted by Gasteiger charge is -2.21. The van der Waals surface area contributed by atoms with E-state index in [-0.39, 0.29) is 5.78 Å². The quantitative estimate of drug-likeness (QED) is 0.861. The van der Waals surface area contributed by atoms with E-state index >= 15 is 0 Å². The van der Waals surface area contributed by atoms with E-state index in [1.54, 1.807) is 6.92 Å². The first-order chi connectivity index (χ1) is 8.75. The second-order valence-electron chi connectivity index (χ2n) is 4.61. The van der Waals surface area contributed by atoms with Crippen LogP contribution in [0.25, 0.3) is 0 Å². The van der Waals surface area contributed by atoms with Crippen molar-refractivity contribution in [3.8, 4) is 0 Å². The standard InChI is InChI=1S/C13H19N3O2/c1-10(17)2-5-14-13-15-8-12(9-16-13)11-3-6-18-7-4-11/h8-9,11H,2-7H2,1H3,(H,14,15,16). The summed E-state index contributed by atoms with van der Waals surface area (Å²) in [4.78, 5) is 19.4. The summed E-state index contributed by atoms with van der Waals surface area (Å²) in [5, 5.41) is 3.04. The minimum atomic E-state index is 0.168. The number of nitrogens with one attached hydrogen (secondary N) is 1. The van der Waals surface area contributed by atoms with Gasteiger partial charge in [0.2, 0.25) is 5.95 Å². The first kappa shape index (κ1) is 13.0. The number of carbonyl (C=O) groups is 1. The summed E-state index contributed by atoms with van der Waals surface area (Å²) in [5.74, 6) is 1.28. The van der Waals surface area contributed by atoms with Crippen LogP contribution in [0.3, 0.4) is 0 Å². The van der Waals surface area contributed by atoms with Gasteiger partial charge in [-0.25, -0.2) is 9.97 Å². The molecule has 98 valence electrons. The Hall–Kier alpha value is -1.49. The van der Waals surface area contributed by atoms with Crippen molar-refractivity contribution in [2.24, 2.45) is 0 Å². The Bertz CT molecular complexity index is 386. The number of ketones is 1. The molecule has 2 heterocycles. The Kier molecular flexibility index (Phi) is 4.64. The molecule has 1 saturated heterocycles. The van der Waals surface area contributed by atoms with E-state index in [1.165, 1.54) is 5.56 Å². The molecule has 1 aromatic heterocycles. The fraction of sp³-hybridized carbons (Fsp3) is 0.615. The van der Waals surface area contributed by atoms with E-state index in [1.807, 2.05) is 12.4 Å². The lowest BCUT2D eigenvalue weighted by atomic mass is 9.94. The van der Waals surface area contributed by atoms with Crippen molar-refractivity contribution < 1.29 is 9.53 Å². The van der Waals surface area contributed by atoms with E-state index in [2.05, 4.69) is 15.3 Å². The van der Waals surface area contributed by atoms with Crippen LogP contribution in [0.15, 0.2) is 12.4 Å². The van der Waals surface area contributed by atoms with E-state index < -0.39 is 0 Å². The average molecular weight is 249 g/mol. The summed E-state index contributed by atoms with van der Waals surface area (Å²) in [6.45, 7) is 3.81. The molecule has 1 fully saturated rings. The van der Waals surface area contributed by atoms with Crippen molar-refractivity contribution in [2.75, 3.05) is 25.1 Å². The maximum Gasteiger partial charge on any atom is 0.222 e. The van der Waals surface area contributed by atoms with Gasteiger partial charge in [-0.2, -0.15) is 0 Å². The lowest BCUT2D eigenvalue weighted by molar-refractivity contribution is -0.116. The van der Waals surface area contributed by atoms with Crippen molar-refractivity contribution >= 4 is 11.7 Å². The third-order valence-electron chi connectivity index (χ3n) is 3.12. The fourth-order valence-corrected chi connectivity index (χ4v) is 2.02. The van der Waals surface area contributed by atoms with Gasteiger partial charge in [0.15, 0.2) is 0 Å². The second-order valence-corrected chi connectivity index (χ2v) is 4.61. The molecule has 0 amide bonds. The van der Waals surface area contributed by atoms with E-state index in [0.29, 0.717) is 24.8 Å². The van der Waals surface area contributed by atoms with E-state index in [0.717, 1.165) is 26.1 Å². The summed E-state index contributed by atoms with van der Waals surface area (Å²) >= 11 is 0. The topological polar surface area (TPSA) is 64.1 Å². The molecule has 18 heavy (non-hydrogen) atoms. The number of hydrogen-bond acceptors (Lipinski definition) is 5. The van der Waals surface area contributed by atoms with Gasteiger partial charge in [-0.1, -0.05) is 0 Å². The van der Waals surface area contributed by atoms with Crippen LogP contribution in [-0.2, 0) is 9.53 Å². The van der Waals surface area contributed by atoms with Crippen LogP contribution >= 0.6 is 0 Å². The van der Waals surface area contributed by atoms with Crippen LogP contribution in [0.1, 0.15) is 37.7 Å². The molecule has 5 heteroatoms. The maximum atomic E-state index is 10.8. The number of ether oxygens (including phenoxy) is 1. The van der Waals surface area contributed by atoms with Gasteiger partial charge >= 0.3 is 0 Å². The van der Waals surface area contributed by atoms with Crippen LogP contribution < -0.4 is 5.32 Å². The molecule has 1 aliphatic rings. The maximum absolute atomic E-state index is 10.8. The molecule has 0 spiro atoms. The van der Waals surface area contributed by atoms with E-state index in [9.17, 15) is 4.79 Å². The van der Waals surface area contributed by atoms with Gasteiger partial charge in [-0.05, 0) is 31.2 Å². The van der Waals surface area contributed by atoms with Crippen LogP contribution in [0.4, 0.5) is 5.95 Å². The SMILES string of the molecule is CC(=O)CCNc1ncc(C2CCOCC2)cn1. The predicted molar refractivity (Wildman–Crippen MR) is 68.6 cm³/mol. The molecule has 1 N–H and O–H groups in total. The van der Waals surface area contributed by atoms with Gasteiger partial charge in [0.1, 0.15) is 5.78 Å². The van der Waals surface area contributed by atoms with Crippen LogP contribution in [-0.4, -0.2) is 35.5 Å². The minimum absolute atomic E-state index is 0.168. The highest BCUT2D eigenvalue weighted by Gasteiger charge is 2.16. The highest BCUT2D eigenvalue weighted by molar-refractivity contribution is 5.75. The Balaban J connectivity index is 1.86. The molecule has 0 radical (unpaired) electrons. The first-order valence-corrected chi connectivity index (χ1v) is 6.38. The molecule has 0 saturated carbocycles. The number of carbonyl (C=O) groups excluding carboxylic acids is 1. The van der Waals surface area contributed by atoms with Gasteiger partial charge in [-0.3, -0.25) is 4.79 Å². The number of Topliss-reactive ketones (excluding diaryl/α,β-unsaturated/α-hetero) is 1. The van der Waals surface area contributed by atoms with Crippen molar-refractivity contribution in [2.45, 2.75) is 32.1 Å². The molecule has 2 rings (SSSR count). The summed E-state index contributed by atoms with van der Waals surface area (Å²) in [5.41, 5.74) is 1.18. The van der Waals surface area contributed by atoms with Crippen molar-refractivity contribution in [1.82, 2.24) is 9.97 Å². The molecule has 0 atom stereocenters. The van der Waals surface area contributed by atoms with E-state index in [4.69, 9.17) is 4.74 Å². The van der Waals surface area contributed by atoms with Crippen molar-refractivity contribution in [1.29, 1.82) is 0 Å². The van der Waals surface area contributed by atoms with Crippen LogP contribution in [0.5, 0.6) is 0 Å². The Morgan fingerprint density at radius 1 is 1.39 bits per heavy atom. The first-order valence-electron chi connectivity index (χ1n) is 6.38. The number of aromatic nitrogens is 2. The van der Waals surface area contributed by atoms with Crippen LogP contribution in [0, 0.1) is 0 Å². The van der Waals surface area contributed by atoms with Gasteiger partial charge in [0.25, 0.3) is 0 Å². The van der Waals surface area contributed by atoms with Crippen molar-refractivity contribution in [3.63, 3.8) is 0 Å². The Morgan fingerprint density at radius 3 is 2.67 bits per heavy atom. The lowest BCUT2D eigenvalue weighted by Crippen LogP contribution is -2.15. The highest BCUT2D eigenvalue weighted by Crippen LogP contribution is 2.25. The molecule has 5 nitrogen and oxygen atoms in total. The number of hydrogen-bond donors (Lipinski definition) is 1. The minimum Gasteiger partial charge on any atom is -0.381 e. The normalized spacial score (nSPS) is 16.5. The molecular formula is C13H19N3O2. The van der Waals surface area contributed by atoms with Crippen molar-refractivity contribution in [3.05, 3.63) is 18.0 Å². The smallest absolute Gasteiger partial charge is 0.222 e. The average Bonchev–Trinajstić information content (AvgIpc) is 2.40. The summed E-state index contributed by atoms with van der Waals surface area (Å²) in [6.07, 6.45) is 6.34. The largest absolute Gasteiger partial charge is 0.381 e. The third-order valence-corrected chi connectivity index (χ3v) is 3.12. The fourth-order valence-electron chi connectivity index (χ4n) is 2.02. The monoisotopic (exact) mass is 249 g/mol. The number of nitrogens with zero attached hydrogens (tertiary/aromatic N) is 2. The highest BCUT2D eigenvalue weighted by atomic mass is 16.5. The third kappa shape index (κ3) is 3.77. The van der Waals surface area contributed by atoms with Gasteiger partial charge in [-0.15, -0.1) is 0 Å². The zero-order valence-electron chi connectivity index (χ0n) is 10.7. The summed E-state index contributed by atoms with van der Waals surface area (Å²) < 4.78 is 5.34. The second kappa shape index (κ2) is 6.44. The van der Waals surface area contributed by atoms with Crippen LogP contribution in [0.2, 0.25) is 0 Å². The number of anilines is 1. The molecule has 1 aromatic rings. The Labute approximate surface area is 107 Å². The zero-order valence-corrected chi connectivity index (χ0v) is 10.7. The molecule has 0 unspecified atom stereocenters. The predicted octanol–water partition coefficient (Wildman–Crippen LogP) is 1.76. The summed E-state index contributed by atoms with van der Waals surface area (Å²) in [7, 11) is 0. The zero-order chi connectivity index (χ0) is 12.8. The molecular weight excluding hydrogens is 230 g/mol. The number of rotatable bonds is 5. The molecule has 0 aliphatic carbocycles. The Morgan fingerprint density at radius 2 is 2.06 bits per heavy atom. The molecule has 1 aliphatic heterocycles. The molecule has 0 aromatic carbocycles. The molecule has 0 bridgehead atoms. The summed E-state index contributed by atoms with van der Waals surface area (Å²) in [6, 6.07) is 0. The van der Waals surface area contributed by atoms with Gasteiger partial charge in [0, 0.05) is 38.6 Å². The van der Waals surface area contributed by atoms with Gasteiger partial charge in [0.05, 0.1) is 0 Å².